The Hall–Kier alpha value is -2.24. The molecule has 1 fully saturated rings. The summed E-state index contributed by atoms with van der Waals surface area (Å²) in [4.78, 5) is 25.8. The van der Waals surface area contributed by atoms with Crippen molar-refractivity contribution < 1.29 is 19.1 Å². The number of nitrogens with one attached hydrogen (secondary N) is 1. The van der Waals surface area contributed by atoms with E-state index >= 15 is 0 Å². The minimum atomic E-state index is -0.524. The van der Waals surface area contributed by atoms with Crippen molar-refractivity contribution in [2.45, 2.75) is 26.2 Å². The Labute approximate surface area is 143 Å². The van der Waals surface area contributed by atoms with Gasteiger partial charge in [0.1, 0.15) is 0 Å². The van der Waals surface area contributed by atoms with Crippen molar-refractivity contribution in [3.05, 3.63) is 23.8 Å². The predicted molar refractivity (Wildman–Crippen MR) is 91.2 cm³/mol. The first-order valence-electron chi connectivity index (χ1n) is 8.33. The standard InChI is InChI=1S/C18H26N2O4/c1-13-5-4-10-20(12-13)18(22)17(21)19-9-8-14-6-7-15(23-2)16(11-14)24-3/h6-7,11,13H,4-5,8-10,12H2,1-3H3,(H,19,21). The summed E-state index contributed by atoms with van der Waals surface area (Å²) in [5, 5.41) is 2.71. The third-order valence-electron chi connectivity index (χ3n) is 4.29. The number of likely N-dealkylation sites (tertiary alicyclic amines) is 1. The third-order valence-corrected chi connectivity index (χ3v) is 4.29. The topological polar surface area (TPSA) is 67.9 Å². The van der Waals surface area contributed by atoms with Crippen molar-refractivity contribution in [3.63, 3.8) is 0 Å². The molecule has 6 heteroatoms. The van der Waals surface area contributed by atoms with Gasteiger partial charge in [-0.2, -0.15) is 0 Å². The lowest BCUT2D eigenvalue weighted by molar-refractivity contribution is -0.146. The molecule has 1 saturated heterocycles. The third kappa shape index (κ3) is 4.63. The number of amides is 2. The number of nitrogens with zero attached hydrogens (tertiary/aromatic N) is 1. The average Bonchev–Trinajstić information content (AvgIpc) is 2.60. The maximum atomic E-state index is 12.1. The first-order chi connectivity index (χ1) is 11.5. The quantitative estimate of drug-likeness (QED) is 0.831. The summed E-state index contributed by atoms with van der Waals surface area (Å²) < 4.78 is 10.5. The van der Waals surface area contributed by atoms with Gasteiger partial charge >= 0.3 is 11.8 Å². The van der Waals surface area contributed by atoms with Crippen LogP contribution in [0.5, 0.6) is 11.5 Å². The van der Waals surface area contributed by atoms with Crippen LogP contribution in [-0.4, -0.2) is 50.6 Å². The van der Waals surface area contributed by atoms with Gasteiger partial charge in [-0.15, -0.1) is 0 Å². The minimum absolute atomic E-state index is 0.406. The van der Waals surface area contributed by atoms with Gasteiger partial charge in [0.2, 0.25) is 0 Å². The molecule has 0 aromatic heterocycles. The molecule has 0 bridgehead atoms. The van der Waals surface area contributed by atoms with E-state index < -0.39 is 11.8 Å². The van der Waals surface area contributed by atoms with Gasteiger partial charge in [-0.1, -0.05) is 13.0 Å². The Morgan fingerprint density at radius 1 is 1.25 bits per heavy atom. The molecule has 24 heavy (non-hydrogen) atoms. The Kier molecular flexibility index (Phi) is 6.46. The van der Waals surface area contributed by atoms with E-state index in [9.17, 15) is 9.59 Å². The summed E-state index contributed by atoms with van der Waals surface area (Å²) in [6, 6.07) is 5.62. The molecular weight excluding hydrogens is 308 g/mol. The van der Waals surface area contributed by atoms with Gasteiger partial charge in [0, 0.05) is 19.6 Å². The molecule has 1 unspecified atom stereocenters. The monoisotopic (exact) mass is 334 g/mol. The fourth-order valence-electron chi connectivity index (χ4n) is 2.95. The molecule has 0 radical (unpaired) electrons. The van der Waals surface area contributed by atoms with Crippen LogP contribution in [0.4, 0.5) is 0 Å². The number of methoxy groups -OCH3 is 2. The van der Waals surface area contributed by atoms with Crippen molar-refractivity contribution in [2.75, 3.05) is 33.9 Å². The highest BCUT2D eigenvalue weighted by molar-refractivity contribution is 6.35. The van der Waals surface area contributed by atoms with Gasteiger partial charge in [-0.3, -0.25) is 9.59 Å². The van der Waals surface area contributed by atoms with Crippen LogP contribution >= 0.6 is 0 Å². The lowest BCUT2D eigenvalue weighted by Gasteiger charge is -2.30. The summed E-state index contributed by atoms with van der Waals surface area (Å²) in [6.45, 7) is 3.85. The maximum Gasteiger partial charge on any atom is 0.311 e. The van der Waals surface area contributed by atoms with Gasteiger partial charge in [-0.25, -0.2) is 0 Å². The van der Waals surface area contributed by atoms with Crippen molar-refractivity contribution in [3.8, 4) is 11.5 Å². The van der Waals surface area contributed by atoms with E-state index in [0.29, 0.717) is 43.5 Å². The molecule has 1 heterocycles. The second kappa shape index (κ2) is 8.57. The lowest BCUT2D eigenvalue weighted by Crippen LogP contribution is -2.47. The zero-order valence-electron chi connectivity index (χ0n) is 14.6. The van der Waals surface area contributed by atoms with Gasteiger partial charge in [-0.05, 0) is 42.9 Å². The summed E-state index contributed by atoms with van der Waals surface area (Å²) in [6.07, 6.45) is 2.70. The number of hydrogen-bond acceptors (Lipinski definition) is 4. The molecule has 1 N–H and O–H groups in total. The van der Waals surface area contributed by atoms with E-state index in [1.165, 1.54) is 0 Å². The van der Waals surface area contributed by atoms with Crippen LogP contribution in [0.25, 0.3) is 0 Å². The number of piperidine rings is 1. The largest absolute Gasteiger partial charge is 0.493 e. The second-order valence-corrected chi connectivity index (χ2v) is 6.19. The number of benzene rings is 1. The molecule has 0 saturated carbocycles. The van der Waals surface area contributed by atoms with Crippen LogP contribution in [0.2, 0.25) is 0 Å². The summed E-state index contributed by atoms with van der Waals surface area (Å²) in [7, 11) is 3.17. The molecule has 1 aliphatic rings. The highest BCUT2D eigenvalue weighted by atomic mass is 16.5. The van der Waals surface area contributed by atoms with Crippen LogP contribution in [-0.2, 0) is 16.0 Å². The fourth-order valence-corrected chi connectivity index (χ4v) is 2.95. The van der Waals surface area contributed by atoms with Crippen molar-refractivity contribution in [1.82, 2.24) is 10.2 Å². The van der Waals surface area contributed by atoms with Crippen LogP contribution in [0, 0.1) is 5.92 Å². The van der Waals surface area contributed by atoms with Crippen LogP contribution in [0.1, 0.15) is 25.3 Å². The fraction of sp³-hybridized carbons (Fsp3) is 0.556. The summed E-state index contributed by atoms with van der Waals surface area (Å²) in [5.41, 5.74) is 1.01. The first-order valence-corrected chi connectivity index (χ1v) is 8.33. The van der Waals surface area contributed by atoms with E-state index in [1.54, 1.807) is 19.1 Å². The maximum absolute atomic E-state index is 12.1. The SMILES string of the molecule is COc1ccc(CCNC(=O)C(=O)N2CCCC(C)C2)cc1OC. The molecular formula is C18H26N2O4. The zero-order valence-corrected chi connectivity index (χ0v) is 14.6. The average molecular weight is 334 g/mol. The van der Waals surface area contributed by atoms with Gasteiger partial charge in [0.25, 0.3) is 0 Å². The Balaban J connectivity index is 1.83. The van der Waals surface area contributed by atoms with E-state index in [-0.39, 0.29) is 0 Å². The van der Waals surface area contributed by atoms with Gasteiger partial charge in [0.15, 0.2) is 11.5 Å². The zero-order chi connectivity index (χ0) is 17.5. The molecule has 2 rings (SSSR count). The van der Waals surface area contributed by atoms with Crippen LogP contribution in [0.15, 0.2) is 18.2 Å². The highest BCUT2D eigenvalue weighted by Crippen LogP contribution is 2.27. The van der Waals surface area contributed by atoms with Gasteiger partial charge < -0.3 is 19.7 Å². The molecule has 132 valence electrons. The van der Waals surface area contributed by atoms with Crippen molar-refractivity contribution in [1.29, 1.82) is 0 Å². The van der Waals surface area contributed by atoms with Crippen molar-refractivity contribution >= 4 is 11.8 Å². The molecule has 1 aromatic rings. The predicted octanol–water partition coefficient (Wildman–Crippen LogP) is 1.62. The number of carbonyl (C=O) groups is 2. The van der Waals surface area contributed by atoms with Crippen LogP contribution in [0.3, 0.4) is 0 Å². The summed E-state index contributed by atoms with van der Waals surface area (Å²) in [5.74, 6) is 0.833. The summed E-state index contributed by atoms with van der Waals surface area (Å²) >= 11 is 0. The van der Waals surface area contributed by atoms with Gasteiger partial charge in [0.05, 0.1) is 14.2 Å². The normalized spacial score (nSPS) is 17.3. The molecule has 0 aliphatic carbocycles. The van der Waals surface area contributed by atoms with E-state index in [2.05, 4.69) is 12.2 Å². The molecule has 1 aromatic carbocycles. The number of carbonyl (C=O) groups excluding carboxylic acids is 2. The molecule has 1 aliphatic heterocycles. The Bertz CT molecular complexity index is 588. The number of rotatable bonds is 5. The van der Waals surface area contributed by atoms with E-state index in [4.69, 9.17) is 9.47 Å². The molecule has 6 nitrogen and oxygen atoms in total. The van der Waals surface area contributed by atoms with Crippen molar-refractivity contribution in [2.24, 2.45) is 5.92 Å². The molecule has 2 amide bonds. The van der Waals surface area contributed by atoms with E-state index in [1.807, 2.05) is 18.2 Å². The lowest BCUT2D eigenvalue weighted by atomic mass is 10.0. The number of ether oxygens (including phenoxy) is 2. The van der Waals surface area contributed by atoms with E-state index in [0.717, 1.165) is 18.4 Å². The Morgan fingerprint density at radius 3 is 2.67 bits per heavy atom. The van der Waals surface area contributed by atoms with Crippen LogP contribution < -0.4 is 14.8 Å². The minimum Gasteiger partial charge on any atom is -0.493 e. The first kappa shape index (κ1) is 18.1. The second-order valence-electron chi connectivity index (χ2n) is 6.19. The smallest absolute Gasteiger partial charge is 0.311 e. The Morgan fingerprint density at radius 2 is 2.00 bits per heavy atom. The molecule has 1 atom stereocenters. The highest BCUT2D eigenvalue weighted by Gasteiger charge is 2.25. The molecule has 0 spiro atoms. The number of hydrogen-bond donors (Lipinski definition) is 1.